The first-order chi connectivity index (χ1) is 8.90. The Hall–Kier alpha value is -2.44. The largest absolute Gasteiger partial charge is 0.355 e. The van der Waals surface area contributed by atoms with E-state index in [2.05, 4.69) is 10.6 Å². The second-order valence-electron chi connectivity index (χ2n) is 4.77. The lowest BCUT2D eigenvalue weighted by molar-refractivity contribution is -0.384. The molecule has 1 atom stereocenters. The Labute approximate surface area is 109 Å². The van der Waals surface area contributed by atoms with Crippen LogP contribution < -0.4 is 10.6 Å². The second kappa shape index (κ2) is 4.68. The summed E-state index contributed by atoms with van der Waals surface area (Å²) in [6.45, 7) is 2.00. The van der Waals surface area contributed by atoms with Crippen LogP contribution in [-0.4, -0.2) is 23.3 Å². The van der Waals surface area contributed by atoms with Gasteiger partial charge in [0, 0.05) is 30.8 Å². The Bertz CT molecular complexity index is 540. The van der Waals surface area contributed by atoms with E-state index in [9.17, 15) is 19.7 Å². The molecule has 1 unspecified atom stereocenters. The van der Waals surface area contributed by atoms with Crippen LogP contribution in [0.1, 0.15) is 13.3 Å². The monoisotopic (exact) mass is 263 g/mol. The summed E-state index contributed by atoms with van der Waals surface area (Å²) in [5.74, 6) is -0.430. The van der Waals surface area contributed by atoms with Crippen molar-refractivity contribution in [2.45, 2.75) is 13.3 Å². The summed E-state index contributed by atoms with van der Waals surface area (Å²) in [5, 5.41) is 15.8. The predicted octanol–water partition coefficient (Wildman–Crippen LogP) is 1.06. The van der Waals surface area contributed by atoms with Crippen LogP contribution in [0.3, 0.4) is 0 Å². The molecule has 7 nitrogen and oxygen atoms in total. The van der Waals surface area contributed by atoms with Gasteiger partial charge in [-0.15, -0.1) is 0 Å². The average Bonchev–Trinajstić information content (AvgIpc) is 2.71. The Balaban J connectivity index is 2.07. The maximum Gasteiger partial charge on any atom is 0.269 e. The molecule has 19 heavy (non-hydrogen) atoms. The third-order valence-corrected chi connectivity index (χ3v) is 3.11. The highest BCUT2D eigenvalue weighted by molar-refractivity contribution is 5.99. The molecule has 1 aromatic carbocycles. The number of nitro benzene ring substituents is 1. The maximum absolute atomic E-state index is 12.1. The summed E-state index contributed by atoms with van der Waals surface area (Å²) in [6, 6.07) is 5.55. The standard InChI is InChI=1S/C12H13N3O4/c1-12(6-10(16)13-7-12)11(17)14-8-2-4-9(5-3-8)15(18)19/h2-5H,6-7H2,1H3,(H,13,16)(H,14,17). The first kappa shape index (κ1) is 13.0. The van der Waals surface area contributed by atoms with Crippen molar-refractivity contribution in [1.82, 2.24) is 5.32 Å². The van der Waals surface area contributed by atoms with Crippen LogP contribution in [0.5, 0.6) is 0 Å². The molecular formula is C12H13N3O4. The van der Waals surface area contributed by atoms with Crippen LogP contribution in [0.25, 0.3) is 0 Å². The second-order valence-corrected chi connectivity index (χ2v) is 4.77. The normalized spacial score (nSPS) is 21.8. The topological polar surface area (TPSA) is 101 Å². The minimum Gasteiger partial charge on any atom is -0.355 e. The van der Waals surface area contributed by atoms with Crippen molar-refractivity contribution in [2.24, 2.45) is 5.41 Å². The van der Waals surface area contributed by atoms with E-state index in [4.69, 9.17) is 0 Å². The molecule has 0 aliphatic carbocycles. The summed E-state index contributed by atoms with van der Waals surface area (Å²) >= 11 is 0. The number of nitrogens with one attached hydrogen (secondary N) is 2. The summed E-state index contributed by atoms with van der Waals surface area (Å²) in [7, 11) is 0. The molecule has 2 rings (SSSR count). The molecule has 0 bridgehead atoms. The van der Waals surface area contributed by atoms with Gasteiger partial charge in [0.15, 0.2) is 0 Å². The predicted molar refractivity (Wildman–Crippen MR) is 67.5 cm³/mol. The highest BCUT2D eigenvalue weighted by Crippen LogP contribution is 2.27. The number of nitro groups is 1. The van der Waals surface area contributed by atoms with Crippen molar-refractivity contribution < 1.29 is 14.5 Å². The molecule has 0 radical (unpaired) electrons. The summed E-state index contributed by atoms with van der Waals surface area (Å²) < 4.78 is 0. The molecule has 0 aromatic heterocycles. The number of carbonyl (C=O) groups is 2. The van der Waals surface area contributed by atoms with E-state index in [0.29, 0.717) is 12.2 Å². The van der Waals surface area contributed by atoms with E-state index >= 15 is 0 Å². The quantitative estimate of drug-likeness (QED) is 0.628. The minimum absolute atomic E-state index is 0.0399. The van der Waals surface area contributed by atoms with Gasteiger partial charge in [0.1, 0.15) is 0 Å². The number of benzene rings is 1. The molecular weight excluding hydrogens is 250 g/mol. The van der Waals surface area contributed by atoms with Gasteiger partial charge in [-0.1, -0.05) is 0 Å². The zero-order chi connectivity index (χ0) is 14.0. The molecule has 1 aliphatic heterocycles. The van der Waals surface area contributed by atoms with Crippen LogP contribution in [0, 0.1) is 15.5 Å². The van der Waals surface area contributed by atoms with Crippen LogP contribution in [0.2, 0.25) is 0 Å². The van der Waals surface area contributed by atoms with E-state index in [1.165, 1.54) is 24.3 Å². The molecule has 0 saturated carbocycles. The van der Waals surface area contributed by atoms with E-state index in [1.54, 1.807) is 6.92 Å². The lowest BCUT2D eigenvalue weighted by Crippen LogP contribution is -2.35. The number of amides is 2. The van der Waals surface area contributed by atoms with Gasteiger partial charge in [-0.05, 0) is 19.1 Å². The highest BCUT2D eigenvalue weighted by Gasteiger charge is 2.40. The van der Waals surface area contributed by atoms with Crippen molar-refractivity contribution in [3.05, 3.63) is 34.4 Å². The fourth-order valence-electron chi connectivity index (χ4n) is 1.88. The zero-order valence-corrected chi connectivity index (χ0v) is 10.3. The van der Waals surface area contributed by atoms with Crippen molar-refractivity contribution in [2.75, 3.05) is 11.9 Å². The van der Waals surface area contributed by atoms with E-state index in [1.807, 2.05) is 0 Å². The zero-order valence-electron chi connectivity index (χ0n) is 10.3. The van der Waals surface area contributed by atoms with E-state index < -0.39 is 10.3 Å². The smallest absolute Gasteiger partial charge is 0.269 e. The van der Waals surface area contributed by atoms with Gasteiger partial charge in [0.05, 0.1) is 10.3 Å². The maximum atomic E-state index is 12.1. The minimum atomic E-state index is -0.779. The molecule has 2 N–H and O–H groups in total. The van der Waals surface area contributed by atoms with Crippen LogP contribution in [0.4, 0.5) is 11.4 Å². The highest BCUT2D eigenvalue weighted by atomic mass is 16.6. The molecule has 1 aliphatic rings. The first-order valence-electron chi connectivity index (χ1n) is 5.73. The SMILES string of the molecule is CC1(C(=O)Nc2ccc([N+](=O)[O-])cc2)CNC(=O)C1. The molecule has 1 heterocycles. The average molecular weight is 263 g/mol. The summed E-state index contributed by atoms with van der Waals surface area (Å²) in [6.07, 6.45) is 0.145. The van der Waals surface area contributed by atoms with Crippen LogP contribution in [-0.2, 0) is 9.59 Å². The molecule has 1 fully saturated rings. The molecule has 1 aromatic rings. The molecule has 1 saturated heterocycles. The number of hydrogen-bond donors (Lipinski definition) is 2. The van der Waals surface area contributed by atoms with Crippen molar-refractivity contribution in [1.29, 1.82) is 0 Å². The van der Waals surface area contributed by atoms with Gasteiger partial charge < -0.3 is 10.6 Å². The molecule has 0 spiro atoms. The Morgan fingerprint density at radius 2 is 2.05 bits per heavy atom. The summed E-state index contributed by atoms with van der Waals surface area (Å²) in [4.78, 5) is 33.2. The lowest BCUT2D eigenvalue weighted by Gasteiger charge is -2.20. The number of nitrogens with zero attached hydrogens (tertiary/aromatic N) is 1. The Kier molecular flexibility index (Phi) is 3.20. The third kappa shape index (κ3) is 2.70. The number of non-ortho nitro benzene ring substituents is 1. The molecule has 100 valence electrons. The van der Waals surface area contributed by atoms with Gasteiger partial charge in [0.25, 0.3) is 5.69 Å². The first-order valence-corrected chi connectivity index (χ1v) is 5.73. The third-order valence-electron chi connectivity index (χ3n) is 3.11. The number of anilines is 1. The van der Waals surface area contributed by atoms with Crippen LogP contribution >= 0.6 is 0 Å². The fraction of sp³-hybridized carbons (Fsp3) is 0.333. The molecule has 7 heteroatoms. The number of rotatable bonds is 3. The van der Waals surface area contributed by atoms with Gasteiger partial charge in [0.2, 0.25) is 11.8 Å². The summed E-state index contributed by atoms with van der Waals surface area (Å²) in [5.41, 5.74) is -0.350. The number of hydrogen-bond acceptors (Lipinski definition) is 4. The number of carbonyl (C=O) groups excluding carboxylic acids is 2. The molecule has 2 amide bonds. The fourth-order valence-corrected chi connectivity index (χ4v) is 1.88. The van der Waals surface area contributed by atoms with Crippen molar-refractivity contribution >= 4 is 23.2 Å². The van der Waals surface area contributed by atoms with E-state index in [0.717, 1.165) is 0 Å². The van der Waals surface area contributed by atoms with Gasteiger partial charge in [-0.2, -0.15) is 0 Å². The lowest BCUT2D eigenvalue weighted by atomic mass is 9.88. The van der Waals surface area contributed by atoms with Crippen molar-refractivity contribution in [3.63, 3.8) is 0 Å². The van der Waals surface area contributed by atoms with Gasteiger partial charge in [-0.3, -0.25) is 19.7 Å². The van der Waals surface area contributed by atoms with Gasteiger partial charge >= 0.3 is 0 Å². The Morgan fingerprint density at radius 1 is 1.42 bits per heavy atom. The van der Waals surface area contributed by atoms with Crippen LogP contribution in [0.15, 0.2) is 24.3 Å². The van der Waals surface area contributed by atoms with E-state index in [-0.39, 0.29) is 23.9 Å². The van der Waals surface area contributed by atoms with Gasteiger partial charge in [-0.25, -0.2) is 0 Å². The van der Waals surface area contributed by atoms with Crippen molar-refractivity contribution in [3.8, 4) is 0 Å². The Morgan fingerprint density at radius 3 is 2.53 bits per heavy atom.